The zero-order valence-corrected chi connectivity index (χ0v) is 6.05. The molecule has 0 saturated carbocycles. The van der Waals surface area contributed by atoms with E-state index < -0.39 is 0 Å². The van der Waals surface area contributed by atoms with Gasteiger partial charge in [0.2, 0.25) is 0 Å². The molecular formula is C6H14N2. The Hall–Kier alpha value is -0.370. The van der Waals surface area contributed by atoms with Gasteiger partial charge in [-0.2, -0.15) is 0 Å². The summed E-state index contributed by atoms with van der Waals surface area (Å²) in [6.07, 6.45) is 2.14. The molecule has 0 aliphatic carbocycles. The van der Waals surface area contributed by atoms with Crippen molar-refractivity contribution < 1.29 is 0 Å². The van der Waals surface area contributed by atoms with Crippen LogP contribution in [0.5, 0.6) is 0 Å². The number of rotatable bonds is 2. The van der Waals surface area contributed by atoms with E-state index in [4.69, 9.17) is 0 Å². The van der Waals surface area contributed by atoms with Crippen LogP contribution in [0.3, 0.4) is 0 Å². The van der Waals surface area contributed by atoms with Crippen LogP contribution in [0.4, 0.5) is 0 Å². The van der Waals surface area contributed by atoms with E-state index in [0.29, 0.717) is 6.17 Å². The molecule has 2 heteroatoms. The van der Waals surface area contributed by atoms with Crippen molar-refractivity contribution in [3.05, 3.63) is 0 Å². The minimum atomic E-state index is 0.319. The smallest absolute Gasteiger partial charge is 0.0981 e. The lowest BCUT2D eigenvalue weighted by Gasteiger charge is -2.13. The summed E-state index contributed by atoms with van der Waals surface area (Å²) in [6, 6.07) is 0. The highest BCUT2D eigenvalue weighted by Gasteiger charge is 1.96. The van der Waals surface area contributed by atoms with Crippen molar-refractivity contribution in [2.24, 2.45) is 4.99 Å². The fourth-order valence-electron chi connectivity index (χ4n) is 0.349. The lowest BCUT2D eigenvalue weighted by molar-refractivity contribution is 0.325. The van der Waals surface area contributed by atoms with Crippen molar-refractivity contribution in [1.82, 2.24) is 4.90 Å². The van der Waals surface area contributed by atoms with Gasteiger partial charge in [0.25, 0.3) is 0 Å². The molecule has 1 atom stereocenters. The first-order valence-electron chi connectivity index (χ1n) is 2.82. The fraction of sp³-hybridized carbons (Fsp3) is 0.833. The second-order valence-corrected chi connectivity index (χ2v) is 2.00. The average Bonchev–Trinajstić information content (AvgIpc) is 1.67. The molecule has 0 rings (SSSR count). The maximum Gasteiger partial charge on any atom is 0.0981 e. The first-order chi connectivity index (χ1) is 3.68. The molecule has 0 N–H and O–H groups in total. The summed E-state index contributed by atoms with van der Waals surface area (Å²) in [7, 11) is 4.02. The van der Waals surface area contributed by atoms with Crippen LogP contribution >= 0.6 is 0 Å². The summed E-state index contributed by atoms with van der Waals surface area (Å²) in [6.45, 7) is 3.99. The van der Waals surface area contributed by atoms with Gasteiger partial charge >= 0.3 is 0 Å². The first kappa shape index (κ1) is 7.63. The summed E-state index contributed by atoms with van der Waals surface area (Å²) < 4.78 is 0. The molecule has 2 nitrogen and oxygen atoms in total. The SMILES string of the molecule is CC=NC(C)N(C)C. The highest BCUT2D eigenvalue weighted by molar-refractivity contribution is 5.53. The Morgan fingerprint density at radius 1 is 1.50 bits per heavy atom. The van der Waals surface area contributed by atoms with E-state index in [1.165, 1.54) is 0 Å². The van der Waals surface area contributed by atoms with Crippen LogP contribution in [-0.2, 0) is 0 Å². The van der Waals surface area contributed by atoms with E-state index in [0.717, 1.165) is 0 Å². The first-order valence-corrected chi connectivity index (χ1v) is 2.82. The Morgan fingerprint density at radius 2 is 2.00 bits per heavy atom. The number of nitrogens with zero attached hydrogens (tertiary/aromatic N) is 2. The van der Waals surface area contributed by atoms with Crippen molar-refractivity contribution in [3.63, 3.8) is 0 Å². The molecule has 0 saturated heterocycles. The molecule has 0 radical (unpaired) electrons. The molecule has 1 unspecified atom stereocenters. The van der Waals surface area contributed by atoms with Gasteiger partial charge in [-0.05, 0) is 34.2 Å². The highest BCUT2D eigenvalue weighted by atomic mass is 15.2. The van der Waals surface area contributed by atoms with Gasteiger partial charge < -0.3 is 0 Å². The minimum Gasteiger partial charge on any atom is -0.288 e. The van der Waals surface area contributed by atoms with Gasteiger partial charge in [0.15, 0.2) is 0 Å². The second kappa shape index (κ2) is 3.61. The van der Waals surface area contributed by atoms with Gasteiger partial charge in [0.05, 0.1) is 6.17 Å². The van der Waals surface area contributed by atoms with E-state index in [-0.39, 0.29) is 0 Å². The molecule has 0 aromatic heterocycles. The molecule has 0 aliphatic rings. The van der Waals surface area contributed by atoms with Crippen molar-refractivity contribution in [2.75, 3.05) is 14.1 Å². The fourth-order valence-corrected chi connectivity index (χ4v) is 0.349. The maximum atomic E-state index is 4.12. The van der Waals surface area contributed by atoms with Crippen LogP contribution < -0.4 is 0 Å². The van der Waals surface area contributed by atoms with E-state index in [1.807, 2.05) is 27.2 Å². The van der Waals surface area contributed by atoms with Crippen molar-refractivity contribution in [1.29, 1.82) is 0 Å². The Morgan fingerprint density at radius 3 is 2.12 bits per heavy atom. The van der Waals surface area contributed by atoms with Gasteiger partial charge in [0.1, 0.15) is 0 Å². The van der Waals surface area contributed by atoms with Gasteiger partial charge in [-0.25, -0.2) is 0 Å². The monoisotopic (exact) mass is 114 g/mol. The molecule has 8 heavy (non-hydrogen) atoms. The molecule has 0 fully saturated rings. The Balaban J connectivity index is 3.47. The summed E-state index contributed by atoms with van der Waals surface area (Å²) in [5.74, 6) is 0. The molecule has 0 aromatic carbocycles. The normalized spacial score (nSPS) is 15.6. The third kappa shape index (κ3) is 2.75. The third-order valence-electron chi connectivity index (χ3n) is 1.11. The Labute approximate surface area is 51.2 Å². The van der Waals surface area contributed by atoms with Crippen LogP contribution in [0.1, 0.15) is 13.8 Å². The van der Waals surface area contributed by atoms with Crippen LogP contribution in [0.2, 0.25) is 0 Å². The molecule has 0 spiro atoms. The van der Waals surface area contributed by atoms with Crippen LogP contribution in [0.15, 0.2) is 4.99 Å². The van der Waals surface area contributed by atoms with E-state index >= 15 is 0 Å². The van der Waals surface area contributed by atoms with Crippen molar-refractivity contribution >= 4 is 6.21 Å². The summed E-state index contributed by atoms with van der Waals surface area (Å²) >= 11 is 0. The largest absolute Gasteiger partial charge is 0.288 e. The third-order valence-corrected chi connectivity index (χ3v) is 1.11. The van der Waals surface area contributed by atoms with Gasteiger partial charge in [-0.1, -0.05) is 0 Å². The molecule has 0 heterocycles. The average molecular weight is 114 g/mol. The predicted molar refractivity (Wildman–Crippen MR) is 37.3 cm³/mol. The second-order valence-electron chi connectivity index (χ2n) is 2.00. The van der Waals surface area contributed by atoms with Gasteiger partial charge in [0, 0.05) is 0 Å². The molecule has 0 amide bonds. The molecule has 0 aromatic rings. The Bertz CT molecular complexity index is 76.6. The maximum absolute atomic E-state index is 4.12. The number of hydrogen-bond donors (Lipinski definition) is 0. The lowest BCUT2D eigenvalue weighted by atomic mass is 10.5. The lowest BCUT2D eigenvalue weighted by Crippen LogP contribution is -2.22. The zero-order chi connectivity index (χ0) is 6.57. The number of hydrogen-bond acceptors (Lipinski definition) is 2. The van der Waals surface area contributed by atoms with E-state index in [2.05, 4.69) is 16.8 Å². The molecule has 0 bridgehead atoms. The standard InChI is InChI=1S/C6H14N2/c1-5-7-6(2)8(3)4/h5-6H,1-4H3. The quantitative estimate of drug-likeness (QED) is 0.489. The summed E-state index contributed by atoms with van der Waals surface area (Å²) in [5, 5.41) is 0. The predicted octanol–water partition coefficient (Wildman–Crippen LogP) is 0.985. The summed E-state index contributed by atoms with van der Waals surface area (Å²) in [5.41, 5.74) is 0. The minimum absolute atomic E-state index is 0.319. The van der Waals surface area contributed by atoms with Crippen molar-refractivity contribution in [2.45, 2.75) is 20.0 Å². The summed E-state index contributed by atoms with van der Waals surface area (Å²) in [4.78, 5) is 6.18. The zero-order valence-electron chi connectivity index (χ0n) is 6.05. The van der Waals surface area contributed by atoms with E-state index in [9.17, 15) is 0 Å². The number of aliphatic imine (C=N–C) groups is 1. The van der Waals surface area contributed by atoms with Crippen molar-refractivity contribution in [3.8, 4) is 0 Å². The topological polar surface area (TPSA) is 15.6 Å². The molecular weight excluding hydrogens is 100 g/mol. The van der Waals surface area contributed by atoms with Gasteiger partial charge in [-0.15, -0.1) is 0 Å². The van der Waals surface area contributed by atoms with Gasteiger partial charge in [-0.3, -0.25) is 9.89 Å². The van der Waals surface area contributed by atoms with Crippen LogP contribution in [0.25, 0.3) is 0 Å². The van der Waals surface area contributed by atoms with Crippen LogP contribution in [-0.4, -0.2) is 31.4 Å². The molecule has 48 valence electrons. The molecule has 0 aliphatic heterocycles. The highest BCUT2D eigenvalue weighted by Crippen LogP contribution is 1.89. The van der Waals surface area contributed by atoms with Crippen LogP contribution in [0, 0.1) is 0 Å². The van der Waals surface area contributed by atoms with E-state index in [1.54, 1.807) is 0 Å². The Kier molecular flexibility index (Phi) is 3.44.